The van der Waals surface area contributed by atoms with Crippen molar-refractivity contribution in [2.24, 2.45) is 5.73 Å². The molecule has 0 aliphatic heterocycles. The van der Waals surface area contributed by atoms with Gasteiger partial charge in [0.1, 0.15) is 0 Å². The van der Waals surface area contributed by atoms with Gasteiger partial charge in [-0.05, 0) is 18.7 Å². The number of benzene rings is 1. The number of hydrogen-bond acceptors (Lipinski definition) is 4. The van der Waals surface area contributed by atoms with Crippen LogP contribution in [0, 0.1) is 0 Å². The summed E-state index contributed by atoms with van der Waals surface area (Å²) in [6.45, 7) is 1.49. The Kier molecular flexibility index (Phi) is 4.58. The van der Waals surface area contributed by atoms with Gasteiger partial charge in [0.05, 0.1) is 12.2 Å². The van der Waals surface area contributed by atoms with E-state index in [1.807, 2.05) is 28.7 Å². The highest BCUT2D eigenvalue weighted by molar-refractivity contribution is 7.99. The van der Waals surface area contributed by atoms with Crippen molar-refractivity contribution in [1.82, 2.24) is 15.0 Å². The summed E-state index contributed by atoms with van der Waals surface area (Å²) in [6.07, 6.45) is 2.77. The van der Waals surface area contributed by atoms with Crippen molar-refractivity contribution < 1.29 is 0 Å². The minimum atomic E-state index is 0.622. The number of nitrogens with zero attached hydrogens (tertiary/aromatic N) is 3. The zero-order chi connectivity index (χ0) is 11.9. The molecule has 1 aromatic heterocycles. The molecule has 0 bridgehead atoms. The lowest BCUT2D eigenvalue weighted by atomic mass is 10.3. The van der Waals surface area contributed by atoms with Gasteiger partial charge < -0.3 is 5.73 Å². The Morgan fingerprint density at radius 3 is 2.82 bits per heavy atom. The monoisotopic (exact) mass is 248 g/mol. The quantitative estimate of drug-likeness (QED) is 0.788. The lowest BCUT2D eigenvalue weighted by molar-refractivity contribution is 0.632. The van der Waals surface area contributed by atoms with Crippen molar-refractivity contribution >= 4 is 11.8 Å². The van der Waals surface area contributed by atoms with E-state index in [1.165, 1.54) is 4.90 Å². The third kappa shape index (κ3) is 3.87. The molecular weight excluding hydrogens is 232 g/mol. The molecule has 0 saturated carbocycles. The SMILES string of the molecule is NCCc1cn(CCSc2ccccc2)nn1. The van der Waals surface area contributed by atoms with Gasteiger partial charge in [-0.1, -0.05) is 23.4 Å². The molecule has 2 aromatic rings. The summed E-state index contributed by atoms with van der Waals surface area (Å²) in [5, 5.41) is 8.12. The average molecular weight is 248 g/mol. The molecule has 0 spiro atoms. The predicted molar refractivity (Wildman–Crippen MR) is 69.9 cm³/mol. The van der Waals surface area contributed by atoms with Crippen molar-refractivity contribution in [2.75, 3.05) is 12.3 Å². The number of rotatable bonds is 6. The molecule has 0 amide bonds. The van der Waals surface area contributed by atoms with Gasteiger partial charge in [0.15, 0.2) is 0 Å². The lowest BCUT2D eigenvalue weighted by Crippen LogP contribution is -2.03. The number of aromatic nitrogens is 3. The minimum Gasteiger partial charge on any atom is -0.330 e. The van der Waals surface area contributed by atoms with Crippen LogP contribution in [0.3, 0.4) is 0 Å². The van der Waals surface area contributed by atoms with Gasteiger partial charge in [-0.2, -0.15) is 0 Å². The lowest BCUT2D eigenvalue weighted by Gasteiger charge is -2.00. The molecular formula is C12H16N4S. The van der Waals surface area contributed by atoms with Crippen LogP contribution < -0.4 is 5.73 Å². The maximum Gasteiger partial charge on any atom is 0.0839 e. The van der Waals surface area contributed by atoms with Crippen LogP contribution in [0.25, 0.3) is 0 Å². The van der Waals surface area contributed by atoms with Crippen molar-refractivity contribution in [3.63, 3.8) is 0 Å². The fourth-order valence-electron chi connectivity index (χ4n) is 1.48. The molecule has 90 valence electrons. The number of hydrogen-bond donors (Lipinski definition) is 1. The van der Waals surface area contributed by atoms with Gasteiger partial charge in [0, 0.05) is 23.3 Å². The number of thioether (sulfide) groups is 1. The van der Waals surface area contributed by atoms with Gasteiger partial charge in [0.25, 0.3) is 0 Å². The van der Waals surface area contributed by atoms with E-state index < -0.39 is 0 Å². The molecule has 1 aromatic carbocycles. The fourth-order valence-corrected chi connectivity index (χ4v) is 2.35. The molecule has 0 fully saturated rings. The molecule has 2 N–H and O–H groups in total. The Balaban J connectivity index is 1.78. The van der Waals surface area contributed by atoms with E-state index in [1.54, 1.807) is 0 Å². The molecule has 0 radical (unpaired) electrons. The summed E-state index contributed by atoms with van der Waals surface area (Å²) < 4.78 is 1.88. The van der Waals surface area contributed by atoms with Gasteiger partial charge in [-0.3, -0.25) is 4.68 Å². The van der Waals surface area contributed by atoms with E-state index in [2.05, 4.69) is 34.6 Å². The average Bonchev–Trinajstić information content (AvgIpc) is 2.79. The first kappa shape index (κ1) is 12.1. The van der Waals surface area contributed by atoms with Crippen molar-refractivity contribution in [3.8, 4) is 0 Å². The molecule has 0 saturated heterocycles. The van der Waals surface area contributed by atoms with Crippen LogP contribution in [0.1, 0.15) is 5.69 Å². The molecule has 1 heterocycles. The standard InChI is InChI=1S/C12H16N4S/c13-7-6-11-10-16(15-14-11)8-9-17-12-4-2-1-3-5-12/h1-5,10H,6-9,13H2. The topological polar surface area (TPSA) is 56.7 Å². The highest BCUT2D eigenvalue weighted by Crippen LogP contribution is 2.16. The Morgan fingerprint density at radius 2 is 2.06 bits per heavy atom. The van der Waals surface area contributed by atoms with Gasteiger partial charge in [-0.25, -0.2) is 0 Å². The smallest absolute Gasteiger partial charge is 0.0839 e. The first-order chi connectivity index (χ1) is 8.38. The van der Waals surface area contributed by atoms with E-state index in [4.69, 9.17) is 5.73 Å². The number of nitrogens with two attached hydrogens (primary N) is 1. The van der Waals surface area contributed by atoms with E-state index in [-0.39, 0.29) is 0 Å². The highest BCUT2D eigenvalue weighted by atomic mass is 32.2. The highest BCUT2D eigenvalue weighted by Gasteiger charge is 1.99. The molecule has 0 atom stereocenters. The zero-order valence-corrected chi connectivity index (χ0v) is 10.4. The largest absolute Gasteiger partial charge is 0.330 e. The van der Waals surface area contributed by atoms with E-state index >= 15 is 0 Å². The summed E-state index contributed by atoms with van der Waals surface area (Å²) in [6, 6.07) is 10.4. The summed E-state index contributed by atoms with van der Waals surface area (Å²) in [5.74, 6) is 0.995. The Labute approximate surface area is 105 Å². The first-order valence-electron chi connectivity index (χ1n) is 5.65. The Morgan fingerprint density at radius 1 is 1.24 bits per heavy atom. The summed E-state index contributed by atoms with van der Waals surface area (Å²) in [7, 11) is 0. The minimum absolute atomic E-state index is 0.622. The molecule has 17 heavy (non-hydrogen) atoms. The second kappa shape index (κ2) is 6.42. The molecule has 0 aliphatic carbocycles. The predicted octanol–water partition coefficient (Wildman–Crippen LogP) is 1.57. The van der Waals surface area contributed by atoms with Gasteiger partial charge >= 0.3 is 0 Å². The molecule has 2 rings (SSSR count). The third-order valence-electron chi connectivity index (χ3n) is 2.32. The number of aryl methyl sites for hydroxylation is 1. The fraction of sp³-hybridized carbons (Fsp3) is 0.333. The molecule has 5 heteroatoms. The van der Waals surface area contributed by atoms with E-state index in [0.29, 0.717) is 6.54 Å². The van der Waals surface area contributed by atoms with Crippen molar-refractivity contribution in [1.29, 1.82) is 0 Å². The van der Waals surface area contributed by atoms with Crippen LogP contribution in [0.5, 0.6) is 0 Å². The summed E-state index contributed by atoms with van der Waals surface area (Å²) >= 11 is 1.82. The zero-order valence-electron chi connectivity index (χ0n) is 9.62. The second-order valence-electron chi connectivity index (χ2n) is 3.67. The maximum atomic E-state index is 5.46. The van der Waals surface area contributed by atoms with Crippen LogP contribution in [-0.2, 0) is 13.0 Å². The van der Waals surface area contributed by atoms with Crippen LogP contribution in [0.4, 0.5) is 0 Å². The second-order valence-corrected chi connectivity index (χ2v) is 4.84. The van der Waals surface area contributed by atoms with Crippen LogP contribution in [0.15, 0.2) is 41.4 Å². The van der Waals surface area contributed by atoms with Crippen LogP contribution in [-0.4, -0.2) is 27.3 Å². The molecule has 0 aliphatic rings. The van der Waals surface area contributed by atoms with Gasteiger partial charge in [-0.15, -0.1) is 16.9 Å². The van der Waals surface area contributed by atoms with E-state index in [0.717, 1.165) is 24.4 Å². The van der Waals surface area contributed by atoms with Crippen molar-refractivity contribution in [2.45, 2.75) is 17.9 Å². The Bertz CT molecular complexity index is 441. The van der Waals surface area contributed by atoms with E-state index in [9.17, 15) is 0 Å². The van der Waals surface area contributed by atoms with Crippen molar-refractivity contribution in [3.05, 3.63) is 42.2 Å². The Hall–Kier alpha value is -1.33. The third-order valence-corrected chi connectivity index (χ3v) is 3.31. The first-order valence-corrected chi connectivity index (χ1v) is 6.64. The normalized spacial score (nSPS) is 10.6. The molecule has 0 unspecified atom stereocenters. The molecule has 4 nitrogen and oxygen atoms in total. The summed E-state index contributed by atoms with van der Waals surface area (Å²) in [5.41, 5.74) is 6.43. The van der Waals surface area contributed by atoms with Crippen LogP contribution >= 0.6 is 11.8 Å². The maximum absolute atomic E-state index is 5.46. The van der Waals surface area contributed by atoms with Gasteiger partial charge in [0.2, 0.25) is 0 Å². The van der Waals surface area contributed by atoms with Crippen LogP contribution in [0.2, 0.25) is 0 Å². The summed E-state index contributed by atoms with van der Waals surface area (Å²) in [4.78, 5) is 1.29.